The van der Waals surface area contributed by atoms with E-state index in [2.05, 4.69) is 15.5 Å². The molecule has 0 atom stereocenters. The molecule has 1 heterocycles. The van der Waals surface area contributed by atoms with Gasteiger partial charge in [0.15, 0.2) is 0 Å². The van der Waals surface area contributed by atoms with Gasteiger partial charge in [-0.15, -0.1) is 0 Å². The van der Waals surface area contributed by atoms with E-state index in [0.717, 1.165) is 11.1 Å². The molecule has 0 saturated carbocycles. The number of amides is 2. The molecular weight excluding hydrogens is 500 g/mol. The summed E-state index contributed by atoms with van der Waals surface area (Å²) in [6, 6.07) is 21.2. The van der Waals surface area contributed by atoms with E-state index in [1.165, 1.54) is 0 Å². The molecule has 0 bridgehead atoms. The van der Waals surface area contributed by atoms with Crippen molar-refractivity contribution < 1.29 is 18.0 Å². The third-order valence-corrected chi connectivity index (χ3v) is 8.36. The first-order valence-corrected chi connectivity index (χ1v) is 14.2. The molecule has 0 unspecified atom stereocenters. The molecule has 3 aromatic carbocycles. The van der Waals surface area contributed by atoms with Gasteiger partial charge in [-0.2, -0.15) is 4.31 Å². The minimum atomic E-state index is -3.49. The Kier molecular flexibility index (Phi) is 8.61. The van der Waals surface area contributed by atoms with Gasteiger partial charge in [-0.1, -0.05) is 42.0 Å². The van der Waals surface area contributed by atoms with Crippen LogP contribution in [0.4, 0.5) is 5.69 Å². The van der Waals surface area contributed by atoms with Gasteiger partial charge in [-0.05, 0) is 62.7 Å². The summed E-state index contributed by atoms with van der Waals surface area (Å²) in [5.74, 6) is -0.533. The summed E-state index contributed by atoms with van der Waals surface area (Å²) < 4.78 is 27.4. The Morgan fingerprint density at radius 3 is 2.11 bits per heavy atom. The van der Waals surface area contributed by atoms with E-state index in [9.17, 15) is 18.0 Å². The number of benzene rings is 3. The number of sulfonamides is 1. The van der Waals surface area contributed by atoms with Crippen molar-refractivity contribution in [1.82, 2.24) is 14.5 Å². The van der Waals surface area contributed by atoms with Gasteiger partial charge < -0.3 is 10.6 Å². The van der Waals surface area contributed by atoms with E-state index < -0.39 is 10.0 Å². The minimum Gasteiger partial charge on any atom is -0.350 e. The number of piperazine rings is 1. The molecule has 200 valence electrons. The average molecular weight is 535 g/mol. The lowest BCUT2D eigenvalue weighted by Crippen LogP contribution is -2.48. The number of nitrogens with one attached hydrogen (secondary N) is 2. The molecule has 1 aliphatic rings. The normalized spacial score (nSPS) is 14.8. The predicted octanol–water partition coefficient (Wildman–Crippen LogP) is 3.89. The van der Waals surface area contributed by atoms with Gasteiger partial charge in [0, 0.05) is 44.3 Å². The first kappa shape index (κ1) is 27.5. The fourth-order valence-electron chi connectivity index (χ4n) is 4.33. The van der Waals surface area contributed by atoms with Crippen LogP contribution in [-0.4, -0.2) is 61.7 Å². The van der Waals surface area contributed by atoms with Crippen molar-refractivity contribution in [2.75, 3.05) is 31.5 Å². The Balaban J connectivity index is 1.33. The van der Waals surface area contributed by atoms with Crippen molar-refractivity contribution in [3.8, 4) is 0 Å². The highest BCUT2D eigenvalue weighted by atomic mass is 32.2. The number of hydrogen-bond acceptors (Lipinski definition) is 5. The third-order valence-electron chi connectivity index (χ3n) is 6.45. The van der Waals surface area contributed by atoms with Crippen LogP contribution in [0.1, 0.15) is 45.7 Å². The summed E-state index contributed by atoms with van der Waals surface area (Å²) in [5, 5.41) is 5.69. The van der Waals surface area contributed by atoms with Crippen LogP contribution in [0.25, 0.3) is 0 Å². The average Bonchev–Trinajstić information content (AvgIpc) is 2.89. The second-order valence-corrected chi connectivity index (χ2v) is 11.8. The van der Waals surface area contributed by atoms with Crippen LogP contribution < -0.4 is 10.6 Å². The number of rotatable bonds is 8. The lowest BCUT2D eigenvalue weighted by atomic mass is 10.1. The Morgan fingerprint density at radius 1 is 0.842 bits per heavy atom. The Bertz CT molecular complexity index is 1380. The molecule has 9 heteroatoms. The maximum absolute atomic E-state index is 12.9. The van der Waals surface area contributed by atoms with Crippen LogP contribution in [0.5, 0.6) is 0 Å². The molecule has 0 aliphatic carbocycles. The van der Waals surface area contributed by atoms with Gasteiger partial charge in [-0.3, -0.25) is 14.5 Å². The minimum absolute atomic E-state index is 0.0145. The molecule has 0 spiro atoms. The molecule has 1 saturated heterocycles. The fraction of sp³-hybridized carbons (Fsp3) is 0.310. The number of nitrogens with zero attached hydrogens (tertiary/aromatic N) is 2. The fourth-order valence-corrected chi connectivity index (χ4v) is 5.75. The number of carbonyl (C=O) groups is 2. The Morgan fingerprint density at radius 2 is 1.47 bits per heavy atom. The second kappa shape index (κ2) is 11.9. The molecule has 0 radical (unpaired) electrons. The maximum Gasteiger partial charge on any atom is 0.255 e. The molecule has 3 aromatic rings. The number of para-hydroxylation sites is 1. The van der Waals surface area contributed by atoms with Crippen molar-refractivity contribution in [1.29, 1.82) is 0 Å². The summed E-state index contributed by atoms with van der Waals surface area (Å²) in [6.45, 7) is 8.48. The van der Waals surface area contributed by atoms with Gasteiger partial charge in [0.2, 0.25) is 10.0 Å². The topological polar surface area (TPSA) is 98.8 Å². The zero-order valence-electron chi connectivity index (χ0n) is 22.0. The van der Waals surface area contributed by atoms with E-state index in [0.29, 0.717) is 54.4 Å². The van der Waals surface area contributed by atoms with Crippen LogP contribution in [-0.2, 0) is 16.6 Å². The van der Waals surface area contributed by atoms with E-state index in [1.54, 1.807) is 52.8 Å². The van der Waals surface area contributed by atoms with E-state index in [4.69, 9.17) is 0 Å². The Labute approximate surface area is 224 Å². The summed E-state index contributed by atoms with van der Waals surface area (Å²) in [5.41, 5.74) is 3.42. The molecule has 4 rings (SSSR count). The van der Waals surface area contributed by atoms with E-state index >= 15 is 0 Å². The molecular formula is C29H34N4O4S. The van der Waals surface area contributed by atoms with Crippen molar-refractivity contribution in [2.45, 2.75) is 38.3 Å². The standard InChI is InChI=1S/C29H34N4O4S/c1-21(2)30-29(35)26-6-4-5-7-27(26)31-28(34)24-12-10-23(11-13-24)20-32-16-18-33(19-17-32)38(36,37)25-14-8-22(3)9-15-25/h4-15,21H,16-20H2,1-3H3,(H,30,35)(H,31,34). The van der Waals surface area contributed by atoms with Crippen molar-refractivity contribution >= 4 is 27.5 Å². The summed E-state index contributed by atoms with van der Waals surface area (Å²) >= 11 is 0. The van der Waals surface area contributed by atoms with Gasteiger partial charge in [0.05, 0.1) is 16.1 Å². The molecule has 8 nitrogen and oxygen atoms in total. The molecule has 0 aromatic heterocycles. The van der Waals surface area contributed by atoms with Gasteiger partial charge in [0.25, 0.3) is 11.8 Å². The number of aryl methyl sites for hydroxylation is 1. The summed E-state index contributed by atoms with van der Waals surface area (Å²) in [7, 11) is -3.49. The molecule has 2 amide bonds. The van der Waals surface area contributed by atoms with Gasteiger partial charge >= 0.3 is 0 Å². The first-order valence-electron chi connectivity index (χ1n) is 12.7. The van der Waals surface area contributed by atoms with Gasteiger partial charge in [0.1, 0.15) is 0 Å². The zero-order valence-corrected chi connectivity index (χ0v) is 22.8. The van der Waals surface area contributed by atoms with E-state index in [1.807, 2.05) is 45.0 Å². The smallest absolute Gasteiger partial charge is 0.255 e. The predicted molar refractivity (Wildman–Crippen MR) is 149 cm³/mol. The molecule has 1 fully saturated rings. The first-order chi connectivity index (χ1) is 18.1. The molecule has 2 N–H and O–H groups in total. The highest BCUT2D eigenvalue weighted by Crippen LogP contribution is 2.20. The lowest BCUT2D eigenvalue weighted by Gasteiger charge is -2.34. The molecule has 1 aliphatic heterocycles. The SMILES string of the molecule is Cc1ccc(S(=O)(=O)N2CCN(Cc3ccc(C(=O)Nc4ccccc4C(=O)NC(C)C)cc3)CC2)cc1. The number of carbonyl (C=O) groups excluding carboxylic acids is 2. The van der Waals surface area contributed by atoms with Crippen LogP contribution in [0, 0.1) is 6.92 Å². The zero-order chi connectivity index (χ0) is 27.3. The number of anilines is 1. The quantitative estimate of drug-likeness (QED) is 0.457. The van der Waals surface area contributed by atoms with E-state index in [-0.39, 0.29) is 17.9 Å². The molecule has 38 heavy (non-hydrogen) atoms. The van der Waals surface area contributed by atoms with Crippen LogP contribution in [0.2, 0.25) is 0 Å². The summed E-state index contributed by atoms with van der Waals surface area (Å²) in [4.78, 5) is 27.9. The highest BCUT2D eigenvalue weighted by Gasteiger charge is 2.28. The second-order valence-electron chi connectivity index (χ2n) is 9.82. The maximum atomic E-state index is 12.9. The van der Waals surface area contributed by atoms with Crippen molar-refractivity contribution in [2.24, 2.45) is 0 Å². The van der Waals surface area contributed by atoms with Crippen LogP contribution in [0.3, 0.4) is 0 Å². The van der Waals surface area contributed by atoms with Crippen LogP contribution in [0.15, 0.2) is 77.7 Å². The van der Waals surface area contributed by atoms with Gasteiger partial charge in [-0.25, -0.2) is 8.42 Å². The highest BCUT2D eigenvalue weighted by molar-refractivity contribution is 7.89. The van der Waals surface area contributed by atoms with Crippen LogP contribution >= 0.6 is 0 Å². The largest absolute Gasteiger partial charge is 0.350 e. The van der Waals surface area contributed by atoms with Crippen molar-refractivity contribution in [3.05, 3.63) is 95.1 Å². The Hall–Kier alpha value is -3.53. The van der Waals surface area contributed by atoms with Crippen molar-refractivity contribution in [3.63, 3.8) is 0 Å². The summed E-state index contributed by atoms with van der Waals surface area (Å²) in [6.07, 6.45) is 0. The third kappa shape index (κ3) is 6.66. The lowest BCUT2D eigenvalue weighted by molar-refractivity contribution is 0.0944. The number of hydrogen-bond donors (Lipinski definition) is 2. The monoisotopic (exact) mass is 534 g/mol.